The Labute approximate surface area is 132 Å². The largest absolute Gasteiger partial charge is 0.508 e. The normalized spacial score (nSPS) is 11.0. The number of nitrogens with zero attached hydrogens (tertiary/aromatic N) is 4. The third kappa shape index (κ3) is 2.53. The Balaban J connectivity index is 1.79. The van der Waals surface area contributed by atoms with Gasteiger partial charge >= 0.3 is 0 Å². The van der Waals surface area contributed by atoms with Gasteiger partial charge in [0.05, 0.1) is 12.9 Å². The maximum absolute atomic E-state index is 9.43. The van der Waals surface area contributed by atoms with Crippen LogP contribution in [-0.4, -0.2) is 24.6 Å². The van der Waals surface area contributed by atoms with Crippen molar-refractivity contribution in [1.82, 2.24) is 19.5 Å². The SMILES string of the molecule is Oc1ccc(-c2ncnc3c2ncn3Cc2ccccc2)cc1. The van der Waals surface area contributed by atoms with E-state index >= 15 is 0 Å². The first-order valence-corrected chi connectivity index (χ1v) is 7.30. The summed E-state index contributed by atoms with van der Waals surface area (Å²) < 4.78 is 2.01. The van der Waals surface area contributed by atoms with Gasteiger partial charge in [0, 0.05) is 5.56 Å². The lowest BCUT2D eigenvalue weighted by Gasteiger charge is -2.05. The molecule has 1 N–H and O–H groups in total. The number of hydrogen-bond donors (Lipinski definition) is 1. The second kappa shape index (κ2) is 5.53. The fraction of sp³-hybridized carbons (Fsp3) is 0.0556. The van der Waals surface area contributed by atoms with Crippen LogP contribution in [-0.2, 0) is 6.54 Å². The van der Waals surface area contributed by atoms with Crippen molar-refractivity contribution < 1.29 is 5.11 Å². The van der Waals surface area contributed by atoms with Crippen LogP contribution in [0.15, 0.2) is 67.3 Å². The number of aromatic nitrogens is 4. The fourth-order valence-electron chi connectivity index (χ4n) is 2.61. The third-order valence-electron chi connectivity index (χ3n) is 3.74. The van der Waals surface area contributed by atoms with Crippen LogP contribution in [0.2, 0.25) is 0 Å². The molecule has 0 radical (unpaired) electrons. The molecule has 0 aliphatic heterocycles. The van der Waals surface area contributed by atoms with Crippen molar-refractivity contribution in [3.05, 3.63) is 72.8 Å². The van der Waals surface area contributed by atoms with Crippen molar-refractivity contribution in [2.45, 2.75) is 6.54 Å². The first-order valence-electron chi connectivity index (χ1n) is 7.30. The zero-order valence-electron chi connectivity index (χ0n) is 12.3. The second-order valence-electron chi connectivity index (χ2n) is 5.30. The summed E-state index contributed by atoms with van der Waals surface area (Å²) in [6.07, 6.45) is 3.34. The van der Waals surface area contributed by atoms with Crippen molar-refractivity contribution in [3.63, 3.8) is 0 Å². The quantitative estimate of drug-likeness (QED) is 0.631. The predicted molar refractivity (Wildman–Crippen MR) is 88.0 cm³/mol. The smallest absolute Gasteiger partial charge is 0.164 e. The predicted octanol–water partition coefficient (Wildman–Crippen LogP) is 3.25. The van der Waals surface area contributed by atoms with Gasteiger partial charge < -0.3 is 9.67 Å². The number of hydrogen-bond acceptors (Lipinski definition) is 4. The van der Waals surface area contributed by atoms with E-state index in [1.54, 1.807) is 24.8 Å². The molecule has 5 heteroatoms. The number of rotatable bonds is 3. The number of phenolic OH excluding ortho intramolecular Hbond substituents is 1. The maximum Gasteiger partial charge on any atom is 0.164 e. The Morgan fingerprint density at radius 2 is 1.65 bits per heavy atom. The summed E-state index contributed by atoms with van der Waals surface area (Å²) >= 11 is 0. The first-order chi connectivity index (χ1) is 11.3. The highest BCUT2D eigenvalue weighted by molar-refractivity contribution is 5.87. The molecule has 23 heavy (non-hydrogen) atoms. The average Bonchev–Trinajstić information content (AvgIpc) is 3.00. The van der Waals surface area contributed by atoms with Gasteiger partial charge in [0.15, 0.2) is 5.65 Å². The van der Waals surface area contributed by atoms with Crippen molar-refractivity contribution >= 4 is 11.2 Å². The lowest BCUT2D eigenvalue weighted by molar-refractivity contribution is 0.475. The van der Waals surface area contributed by atoms with E-state index in [0.29, 0.717) is 6.54 Å². The van der Waals surface area contributed by atoms with Gasteiger partial charge in [0.1, 0.15) is 23.3 Å². The van der Waals surface area contributed by atoms with Crippen LogP contribution >= 0.6 is 0 Å². The van der Waals surface area contributed by atoms with Gasteiger partial charge in [0.25, 0.3) is 0 Å². The molecule has 4 rings (SSSR count). The molecule has 0 saturated heterocycles. The molecular weight excluding hydrogens is 288 g/mol. The lowest BCUT2D eigenvalue weighted by Crippen LogP contribution is -1.99. The van der Waals surface area contributed by atoms with Crippen LogP contribution in [0, 0.1) is 0 Å². The Morgan fingerprint density at radius 3 is 2.43 bits per heavy atom. The van der Waals surface area contributed by atoms with E-state index in [2.05, 4.69) is 27.1 Å². The molecule has 0 aliphatic rings. The highest BCUT2D eigenvalue weighted by Crippen LogP contribution is 2.25. The molecule has 0 saturated carbocycles. The van der Waals surface area contributed by atoms with Crippen LogP contribution in [0.3, 0.4) is 0 Å². The number of benzene rings is 2. The molecule has 4 aromatic rings. The van der Waals surface area contributed by atoms with Gasteiger partial charge in [-0.2, -0.15) is 0 Å². The van der Waals surface area contributed by atoms with E-state index in [4.69, 9.17) is 0 Å². The zero-order chi connectivity index (χ0) is 15.6. The minimum atomic E-state index is 0.230. The highest BCUT2D eigenvalue weighted by Gasteiger charge is 2.12. The highest BCUT2D eigenvalue weighted by atomic mass is 16.3. The van der Waals surface area contributed by atoms with E-state index < -0.39 is 0 Å². The number of fused-ring (bicyclic) bond motifs is 1. The summed E-state index contributed by atoms with van der Waals surface area (Å²) in [5.41, 5.74) is 4.42. The van der Waals surface area contributed by atoms with Crippen molar-refractivity contribution in [2.24, 2.45) is 0 Å². The van der Waals surface area contributed by atoms with Crippen LogP contribution < -0.4 is 0 Å². The van der Waals surface area contributed by atoms with Crippen molar-refractivity contribution in [2.75, 3.05) is 0 Å². The standard InChI is InChI=1S/C18H14N4O/c23-15-8-6-14(7-9-15)16-17-18(20-11-19-16)22(12-21-17)10-13-4-2-1-3-5-13/h1-9,11-12,23H,10H2. The molecule has 0 spiro atoms. The van der Waals surface area contributed by atoms with E-state index in [1.807, 2.05) is 34.9 Å². The second-order valence-corrected chi connectivity index (χ2v) is 5.30. The van der Waals surface area contributed by atoms with Crippen LogP contribution in [0.1, 0.15) is 5.56 Å². The van der Waals surface area contributed by atoms with Crippen LogP contribution in [0.5, 0.6) is 5.75 Å². The average molecular weight is 302 g/mol. The summed E-state index contributed by atoms with van der Waals surface area (Å²) in [6.45, 7) is 0.712. The Bertz CT molecular complexity index is 946. The number of imidazole rings is 1. The molecule has 0 fully saturated rings. The Morgan fingerprint density at radius 1 is 0.870 bits per heavy atom. The van der Waals surface area contributed by atoms with E-state index in [-0.39, 0.29) is 5.75 Å². The van der Waals surface area contributed by atoms with Crippen LogP contribution in [0.4, 0.5) is 0 Å². The minimum Gasteiger partial charge on any atom is -0.508 e. The Hall–Kier alpha value is -3.21. The third-order valence-corrected chi connectivity index (χ3v) is 3.74. The lowest BCUT2D eigenvalue weighted by atomic mass is 10.1. The maximum atomic E-state index is 9.43. The Kier molecular flexibility index (Phi) is 3.24. The summed E-state index contributed by atoms with van der Waals surface area (Å²) in [6, 6.07) is 17.1. The molecule has 0 unspecified atom stereocenters. The zero-order valence-corrected chi connectivity index (χ0v) is 12.3. The first kappa shape index (κ1) is 13.5. The monoisotopic (exact) mass is 302 g/mol. The molecule has 5 nitrogen and oxygen atoms in total. The molecule has 0 aliphatic carbocycles. The van der Waals surface area contributed by atoms with Gasteiger partial charge in [-0.3, -0.25) is 0 Å². The minimum absolute atomic E-state index is 0.230. The molecule has 2 aromatic heterocycles. The number of phenols is 1. The van der Waals surface area contributed by atoms with Gasteiger partial charge in [-0.15, -0.1) is 0 Å². The molecule has 112 valence electrons. The van der Waals surface area contributed by atoms with Gasteiger partial charge in [-0.1, -0.05) is 30.3 Å². The number of aromatic hydroxyl groups is 1. The summed E-state index contributed by atoms with van der Waals surface area (Å²) in [5, 5.41) is 9.43. The summed E-state index contributed by atoms with van der Waals surface area (Å²) in [7, 11) is 0. The van der Waals surface area contributed by atoms with E-state index in [9.17, 15) is 5.11 Å². The molecule has 0 bridgehead atoms. The molecule has 0 atom stereocenters. The van der Waals surface area contributed by atoms with E-state index in [1.165, 1.54) is 5.56 Å². The van der Waals surface area contributed by atoms with Gasteiger partial charge in [-0.05, 0) is 29.8 Å². The van der Waals surface area contributed by atoms with Gasteiger partial charge in [-0.25, -0.2) is 15.0 Å². The van der Waals surface area contributed by atoms with Gasteiger partial charge in [0.2, 0.25) is 0 Å². The van der Waals surface area contributed by atoms with Crippen LogP contribution in [0.25, 0.3) is 22.4 Å². The molecule has 2 heterocycles. The molecule has 0 amide bonds. The molecule has 2 aromatic carbocycles. The van der Waals surface area contributed by atoms with Crippen molar-refractivity contribution in [3.8, 4) is 17.0 Å². The summed E-state index contributed by atoms with van der Waals surface area (Å²) in [4.78, 5) is 13.2. The summed E-state index contributed by atoms with van der Waals surface area (Å²) in [5.74, 6) is 0.230. The topological polar surface area (TPSA) is 63.8 Å². The van der Waals surface area contributed by atoms with E-state index in [0.717, 1.165) is 22.4 Å². The molecular formula is C18H14N4O. The van der Waals surface area contributed by atoms with Crippen molar-refractivity contribution in [1.29, 1.82) is 0 Å². The fourth-order valence-corrected chi connectivity index (χ4v) is 2.61.